The topological polar surface area (TPSA) is 68.7 Å². The molecule has 0 aliphatic carbocycles. The highest BCUT2D eigenvalue weighted by molar-refractivity contribution is 7.19. The Bertz CT molecular complexity index is 1060. The van der Waals surface area contributed by atoms with Gasteiger partial charge in [-0.05, 0) is 51.7 Å². The minimum absolute atomic E-state index is 0.208. The maximum Gasteiger partial charge on any atom is 0.416 e. The molecule has 0 aliphatic heterocycles. The maximum absolute atomic E-state index is 13.1. The summed E-state index contributed by atoms with van der Waals surface area (Å²) < 4.78 is 10.9. The fourth-order valence-electron chi connectivity index (χ4n) is 3.22. The van der Waals surface area contributed by atoms with Crippen LogP contribution in [0.5, 0.6) is 0 Å². The number of benzene rings is 2. The van der Waals surface area contributed by atoms with E-state index in [1.165, 1.54) is 21.8 Å². The zero-order valence-electron chi connectivity index (χ0n) is 19.5. The van der Waals surface area contributed by atoms with Crippen molar-refractivity contribution >= 4 is 28.5 Å². The standard InChI is InChI=1S/C26H30N2O4S/c1-5-31-23(29)21-22(20-16-10-7-11-17-20)33-24(27-21)28(25(30)32-26(2,3)4)18-12-15-19-13-8-6-9-14-19/h6-11,13-14,16-17H,5,12,15,18H2,1-4H3. The molecule has 1 heterocycles. The molecule has 3 aromatic rings. The Morgan fingerprint density at radius 1 is 1.00 bits per heavy atom. The molecule has 7 heteroatoms. The summed E-state index contributed by atoms with van der Waals surface area (Å²) in [4.78, 5) is 32.5. The highest BCUT2D eigenvalue weighted by Crippen LogP contribution is 2.36. The first kappa shape index (κ1) is 24.5. The van der Waals surface area contributed by atoms with E-state index in [2.05, 4.69) is 17.1 Å². The molecule has 33 heavy (non-hydrogen) atoms. The summed E-state index contributed by atoms with van der Waals surface area (Å²) in [5.74, 6) is -0.507. The van der Waals surface area contributed by atoms with Crippen molar-refractivity contribution in [3.05, 3.63) is 71.9 Å². The Hall–Kier alpha value is -3.19. The first-order chi connectivity index (χ1) is 15.8. The van der Waals surface area contributed by atoms with Crippen LogP contribution in [-0.4, -0.2) is 35.8 Å². The summed E-state index contributed by atoms with van der Waals surface area (Å²) in [5.41, 5.74) is 1.59. The number of esters is 1. The summed E-state index contributed by atoms with van der Waals surface area (Å²) in [6.45, 7) is 7.89. The molecule has 0 spiro atoms. The molecule has 1 aromatic heterocycles. The number of rotatable bonds is 8. The molecule has 1 amide bonds. The first-order valence-electron chi connectivity index (χ1n) is 11.1. The second-order valence-corrected chi connectivity index (χ2v) is 9.46. The van der Waals surface area contributed by atoms with Crippen LogP contribution in [0.2, 0.25) is 0 Å². The zero-order valence-corrected chi connectivity index (χ0v) is 20.4. The van der Waals surface area contributed by atoms with Gasteiger partial charge in [0.25, 0.3) is 0 Å². The molecule has 0 bridgehead atoms. The van der Waals surface area contributed by atoms with Crippen LogP contribution in [0.3, 0.4) is 0 Å². The van der Waals surface area contributed by atoms with Crippen molar-refractivity contribution in [2.24, 2.45) is 0 Å². The van der Waals surface area contributed by atoms with Crippen LogP contribution in [0.15, 0.2) is 60.7 Å². The van der Waals surface area contributed by atoms with Crippen LogP contribution >= 0.6 is 11.3 Å². The van der Waals surface area contributed by atoms with E-state index in [4.69, 9.17) is 9.47 Å². The van der Waals surface area contributed by atoms with E-state index in [-0.39, 0.29) is 12.3 Å². The van der Waals surface area contributed by atoms with Crippen LogP contribution < -0.4 is 4.90 Å². The van der Waals surface area contributed by atoms with Gasteiger partial charge in [-0.15, -0.1) is 0 Å². The number of carbonyl (C=O) groups excluding carboxylic acids is 2. The van der Waals surface area contributed by atoms with Crippen molar-refractivity contribution in [1.29, 1.82) is 0 Å². The lowest BCUT2D eigenvalue weighted by atomic mass is 10.1. The summed E-state index contributed by atoms with van der Waals surface area (Å²) in [7, 11) is 0. The van der Waals surface area contributed by atoms with Crippen LogP contribution in [0.25, 0.3) is 10.4 Å². The number of aryl methyl sites for hydroxylation is 1. The van der Waals surface area contributed by atoms with Crippen LogP contribution in [0.4, 0.5) is 9.93 Å². The number of thiazole rings is 1. The van der Waals surface area contributed by atoms with E-state index in [0.717, 1.165) is 18.4 Å². The van der Waals surface area contributed by atoms with E-state index in [1.54, 1.807) is 6.92 Å². The Morgan fingerprint density at radius 3 is 2.24 bits per heavy atom. The molecular formula is C26H30N2O4S. The highest BCUT2D eigenvalue weighted by Gasteiger charge is 2.29. The number of nitrogens with zero attached hydrogens (tertiary/aromatic N) is 2. The molecule has 2 aromatic carbocycles. The van der Waals surface area contributed by atoms with Crippen LogP contribution in [0.1, 0.15) is 50.2 Å². The van der Waals surface area contributed by atoms with Gasteiger partial charge in [0.2, 0.25) is 0 Å². The number of carbonyl (C=O) groups is 2. The molecule has 0 atom stereocenters. The van der Waals surface area contributed by atoms with Crippen molar-refractivity contribution in [1.82, 2.24) is 4.98 Å². The number of ether oxygens (including phenoxy) is 2. The van der Waals surface area contributed by atoms with Crippen molar-refractivity contribution in [3.63, 3.8) is 0 Å². The second-order valence-electron chi connectivity index (χ2n) is 8.48. The molecule has 0 radical (unpaired) electrons. The summed E-state index contributed by atoms with van der Waals surface area (Å²) in [6.07, 6.45) is 1.04. The molecule has 0 saturated heterocycles. The van der Waals surface area contributed by atoms with Gasteiger partial charge in [-0.1, -0.05) is 72.0 Å². The lowest BCUT2D eigenvalue weighted by Crippen LogP contribution is -2.37. The third kappa shape index (κ3) is 6.89. The van der Waals surface area contributed by atoms with E-state index in [1.807, 2.05) is 69.3 Å². The van der Waals surface area contributed by atoms with E-state index in [9.17, 15) is 9.59 Å². The molecule has 6 nitrogen and oxygen atoms in total. The summed E-state index contributed by atoms with van der Waals surface area (Å²) in [5, 5.41) is 0.416. The second kappa shape index (κ2) is 11.1. The molecule has 0 N–H and O–H groups in total. The normalized spacial score (nSPS) is 11.2. The molecule has 0 saturated carbocycles. The molecule has 174 valence electrons. The first-order valence-corrected chi connectivity index (χ1v) is 11.9. The Balaban J connectivity index is 1.93. The van der Waals surface area contributed by atoms with Gasteiger partial charge >= 0.3 is 12.1 Å². The average Bonchev–Trinajstić information content (AvgIpc) is 3.22. The van der Waals surface area contributed by atoms with E-state index >= 15 is 0 Å². The minimum atomic E-state index is -0.655. The Labute approximate surface area is 199 Å². The lowest BCUT2D eigenvalue weighted by Gasteiger charge is -2.25. The fourth-order valence-corrected chi connectivity index (χ4v) is 4.29. The van der Waals surface area contributed by atoms with Gasteiger partial charge in [0.15, 0.2) is 10.8 Å². The van der Waals surface area contributed by atoms with Gasteiger partial charge < -0.3 is 9.47 Å². The third-order valence-electron chi connectivity index (χ3n) is 4.66. The molecule has 0 aliphatic rings. The van der Waals surface area contributed by atoms with Crippen LogP contribution in [-0.2, 0) is 15.9 Å². The predicted molar refractivity (Wildman–Crippen MR) is 132 cm³/mol. The number of hydrogen-bond donors (Lipinski definition) is 0. The third-order valence-corrected chi connectivity index (χ3v) is 5.78. The monoisotopic (exact) mass is 466 g/mol. The molecule has 3 rings (SSSR count). The minimum Gasteiger partial charge on any atom is -0.461 e. The number of aromatic nitrogens is 1. The van der Waals surface area contributed by atoms with Crippen LogP contribution in [0, 0.1) is 0 Å². The van der Waals surface area contributed by atoms with Gasteiger partial charge in [-0.3, -0.25) is 4.90 Å². The quantitative estimate of drug-likeness (QED) is 0.361. The van der Waals surface area contributed by atoms with Crippen molar-refractivity contribution in [2.45, 2.75) is 46.1 Å². The maximum atomic E-state index is 13.1. The Kier molecular flexibility index (Phi) is 8.22. The number of anilines is 1. The summed E-state index contributed by atoms with van der Waals surface area (Å²) in [6, 6.07) is 19.6. The van der Waals surface area contributed by atoms with E-state index in [0.29, 0.717) is 16.6 Å². The molecule has 0 unspecified atom stereocenters. The SMILES string of the molecule is CCOC(=O)c1nc(N(CCCc2ccccc2)C(=O)OC(C)(C)C)sc1-c1ccccc1. The molecular weight excluding hydrogens is 436 g/mol. The van der Waals surface area contributed by atoms with Crippen molar-refractivity contribution < 1.29 is 19.1 Å². The van der Waals surface area contributed by atoms with Gasteiger partial charge in [-0.25, -0.2) is 14.6 Å². The highest BCUT2D eigenvalue weighted by atomic mass is 32.1. The van der Waals surface area contributed by atoms with Gasteiger partial charge in [0, 0.05) is 6.54 Å². The molecule has 0 fully saturated rings. The van der Waals surface area contributed by atoms with Gasteiger partial charge in [-0.2, -0.15) is 0 Å². The smallest absolute Gasteiger partial charge is 0.416 e. The van der Waals surface area contributed by atoms with E-state index < -0.39 is 17.7 Å². The largest absolute Gasteiger partial charge is 0.461 e. The van der Waals surface area contributed by atoms with Crippen molar-refractivity contribution in [2.75, 3.05) is 18.1 Å². The number of amides is 1. The average molecular weight is 467 g/mol. The fraction of sp³-hybridized carbons (Fsp3) is 0.346. The predicted octanol–water partition coefficient (Wildman–Crippen LogP) is 6.36. The van der Waals surface area contributed by atoms with Gasteiger partial charge in [0.1, 0.15) is 5.60 Å². The Morgan fingerprint density at radius 2 is 1.64 bits per heavy atom. The van der Waals surface area contributed by atoms with Crippen molar-refractivity contribution in [3.8, 4) is 10.4 Å². The van der Waals surface area contributed by atoms with Gasteiger partial charge in [0.05, 0.1) is 11.5 Å². The number of hydrogen-bond acceptors (Lipinski definition) is 6. The lowest BCUT2D eigenvalue weighted by molar-refractivity contribution is 0.0517. The summed E-state index contributed by atoms with van der Waals surface area (Å²) >= 11 is 1.29. The zero-order chi connectivity index (χ0) is 23.8.